The van der Waals surface area contributed by atoms with Crippen LogP contribution in [0.15, 0.2) is 46.9 Å². The van der Waals surface area contributed by atoms with Gasteiger partial charge in [-0.1, -0.05) is 30.0 Å². The van der Waals surface area contributed by atoms with Crippen LogP contribution in [0.5, 0.6) is 0 Å². The number of aromatic nitrogens is 4. The summed E-state index contributed by atoms with van der Waals surface area (Å²) in [5.41, 5.74) is 2.34. The number of hydrogen-bond acceptors (Lipinski definition) is 6. The van der Waals surface area contributed by atoms with E-state index in [-0.39, 0.29) is 12.4 Å². The first kappa shape index (κ1) is 17.9. The average Bonchev–Trinajstić information content (AvgIpc) is 3.17. The lowest BCUT2D eigenvalue weighted by Crippen LogP contribution is -3.00. The molecule has 3 rings (SSSR count). The lowest BCUT2D eigenvalue weighted by molar-refractivity contribution is -0.00000456. The van der Waals surface area contributed by atoms with Gasteiger partial charge in [0.2, 0.25) is 5.16 Å². The molecule has 0 saturated heterocycles. The van der Waals surface area contributed by atoms with E-state index in [1.807, 2.05) is 30.3 Å². The summed E-state index contributed by atoms with van der Waals surface area (Å²) in [5.74, 6) is 0.928. The van der Waals surface area contributed by atoms with Crippen molar-refractivity contribution in [2.24, 2.45) is 0 Å². The molecule has 0 unspecified atom stereocenters. The summed E-state index contributed by atoms with van der Waals surface area (Å²) in [6, 6.07) is 12.1. The first-order chi connectivity index (χ1) is 10.8. The van der Waals surface area contributed by atoms with Gasteiger partial charge < -0.3 is 17.7 Å². The van der Waals surface area contributed by atoms with Crippen molar-refractivity contribution >= 4 is 23.1 Å². The van der Waals surface area contributed by atoms with E-state index in [0.717, 1.165) is 29.7 Å². The van der Waals surface area contributed by atoms with Crippen LogP contribution in [0.25, 0.3) is 5.69 Å². The molecular weight excluding hydrogens is 350 g/mol. The molecule has 122 valence electrons. The molecule has 1 N–H and O–H groups in total. The van der Waals surface area contributed by atoms with Crippen LogP contribution in [-0.4, -0.2) is 32.5 Å². The van der Waals surface area contributed by atoms with Gasteiger partial charge in [-0.05, 0) is 46.5 Å². The Labute approximate surface area is 149 Å². The zero-order valence-electron chi connectivity index (χ0n) is 12.6. The molecule has 0 aliphatic heterocycles. The highest BCUT2D eigenvalue weighted by Gasteiger charge is 2.08. The van der Waals surface area contributed by atoms with Crippen LogP contribution in [0.1, 0.15) is 10.4 Å². The molecular formula is C15H17ClN5S2-. The number of benzene rings is 1. The van der Waals surface area contributed by atoms with Gasteiger partial charge in [-0.2, -0.15) is 4.68 Å². The monoisotopic (exact) mass is 366 g/mol. The summed E-state index contributed by atoms with van der Waals surface area (Å²) in [7, 11) is 0. The lowest BCUT2D eigenvalue weighted by atomic mass is 10.3. The third-order valence-electron chi connectivity index (χ3n) is 3.21. The van der Waals surface area contributed by atoms with Crippen LogP contribution < -0.4 is 17.7 Å². The van der Waals surface area contributed by atoms with Gasteiger partial charge >= 0.3 is 0 Å². The summed E-state index contributed by atoms with van der Waals surface area (Å²) >= 11 is 3.46. The Morgan fingerprint density at radius 1 is 1.22 bits per heavy atom. The van der Waals surface area contributed by atoms with Crippen molar-refractivity contribution in [2.45, 2.75) is 18.6 Å². The number of rotatable bonds is 7. The van der Waals surface area contributed by atoms with E-state index in [4.69, 9.17) is 0 Å². The van der Waals surface area contributed by atoms with Crippen molar-refractivity contribution < 1.29 is 12.4 Å². The predicted molar refractivity (Wildman–Crippen MR) is 90.6 cm³/mol. The van der Waals surface area contributed by atoms with E-state index >= 15 is 0 Å². The molecule has 1 aromatic carbocycles. The quantitative estimate of drug-likeness (QED) is 0.468. The van der Waals surface area contributed by atoms with Gasteiger partial charge in [0, 0.05) is 23.7 Å². The van der Waals surface area contributed by atoms with Gasteiger partial charge in [0.25, 0.3) is 0 Å². The van der Waals surface area contributed by atoms with E-state index in [0.29, 0.717) is 0 Å². The Bertz CT molecular complexity index is 713. The SMILES string of the molecule is Cc1ccsc1CNCCSc1nnnn1-c1ccccc1.[Cl-]. The largest absolute Gasteiger partial charge is 1.00 e. The Balaban J connectivity index is 0.00000192. The molecule has 8 heteroatoms. The van der Waals surface area contributed by atoms with E-state index in [9.17, 15) is 0 Å². The molecule has 2 aromatic heterocycles. The van der Waals surface area contributed by atoms with Crippen LogP contribution >= 0.6 is 23.1 Å². The molecule has 0 fully saturated rings. The fourth-order valence-electron chi connectivity index (χ4n) is 2.00. The molecule has 2 heterocycles. The van der Waals surface area contributed by atoms with Gasteiger partial charge in [0.15, 0.2) is 0 Å². The first-order valence-electron chi connectivity index (χ1n) is 7.05. The minimum Gasteiger partial charge on any atom is -1.00 e. The number of hydrogen-bond donors (Lipinski definition) is 1. The van der Waals surface area contributed by atoms with Crippen LogP contribution in [0.4, 0.5) is 0 Å². The van der Waals surface area contributed by atoms with Crippen molar-refractivity contribution in [3.63, 3.8) is 0 Å². The standard InChI is InChI=1S/C15H17N5S2.ClH/c1-12-7-9-21-14(12)11-16-8-10-22-15-17-18-19-20(15)13-5-3-2-4-6-13;/h2-7,9,16H,8,10-11H2,1H3;1H/p-1. The number of thiophene rings is 1. The molecule has 5 nitrogen and oxygen atoms in total. The second-order valence-corrected chi connectivity index (χ2v) is 6.82. The summed E-state index contributed by atoms with van der Waals surface area (Å²) in [4.78, 5) is 1.40. The smallest absolute Gasteiger partial charge is 0.214 e. The Hall–Kier alpha value is -1.41. The Kier molecular flexibility index (Phi) is 7.04. The first-order valence-corrected chi connectivity index (χ1v) is 8.91. The number of nitrogens with one attached hydrogen (secondary N) is 1. The number of nitrogens with zero attached hydrogens (tertiary/aromatic N) is 4. The van der Waals surface area contributed by atoms with Crippen LogP contribution in [0.3, 0.4) is 0 Å². The van der Waals surface area contributed by atoms with Gasteiger partial charge in [0.1, 0.15) is 0 Å². The molecule has 23 heavy (non-hydrogen) atoms. The summed E-state index contributed by atoms with van der Waals surface area (Å²) in [6.45, 7) is 3.99. The molecule has 0 aliphatic rings. The third kappa shape index (κ3) is 4.78. The molecule has 0 spiro atoms. The molecule has 3 aromatic rings. The van der Waals surface area contributed by atoms with E-state index in [1.165, 1.54) is 10.4 Å². The van der Waals surface area contributed by atoms with Crippen LogP contribution in [-0.2, 0) is 6.54 Å². The van der Waals surface area contributed by atoms with Crippen molar-refractivity contribution in [1.29, 1.82) is 0 Å². The van der Waals surface area contributed by atoms with Gasteiger partial charge in [-0.25, -0.2) is 0 Å². The second kappa shape index (κ2) is 9.02. The molecule has 0 atom stereocenters. The average molecular weight is 367 g/mol. The normalized spacial score (nSPS) is 10.5. The van der Waals surface area contributed by atoms with Crippen LogP contribution in [0, 0.1) is 6.92 Å². The van der Waals surface area contributed by atoms with Crippen molar-refractivity contribution in [1.82, 2.24) is 25.5 Å². The zero-order valence-corrected chi connectivity index (χ0v) is 15.0. The zero-order chi connectivity index (χ0) is 15.2. The Morgan fingerprint density at radius 3 is 2.78 bits per heavy atom. The van der Waals surface area contributed by atoms with Gasteiger partial charge in [-0.15, -0.1) is 16.4 Å². The fourth-order valence-corrected chi connectivity index (χ4v) is 3.66. The third-order valence-corrected chi connectivity index (χ3v) is 5.15. The molecule has 0 saturated carbocycles. The highest BCUT2D eigenvalue weighted by Crippen LogP contribution is 2.18. The highest BCUT2D eigenvalue weighted by molar-refractivity contribution is 7.99. The number of halogens is 1. The lowest BCUT2D eigenvalue weighted by Gasteiger charge is -2.05. The summed E-state index contributed by atoms with van der Waals surface area (Å²) in [6.07, 6.45) is 0. The number of para-hydroxylation sites is 1. The topological polar surface area (TPSA) is 55.6 Å². The van der Waals surface area contributed by atoms with Gasteiger partial charge in [-0.3, -0.25) is 0 Å². The highest BCUT2D eigenvalue weighted by atomic mass is 35.5. The van der Waals surface area contributed by atoms with E-state index in [1.54, 1.807) is 27.8 Å². The minimum absolute atomic E-state index is 0. The number of aryl methyl sites for hydroxylation is 1. The summed E-state index contributed by atoms with van der Waals surface area (Å²) < 4.78 is 1.77. The maximum absolute atomic E-state index is 4.09. The maximum Gasteiger partial charge on any atom is 0.214 e. The van der Waals surface area contributed by atoms with E-state index in [2.05, 4.69) is 39.2 Å². The predicted octanol–water partition coefficient (Wildman–Crippen LogP) is -0.0819. The minimum atomic E-state index is 0. The maximum atomic E-state index is 4.09. The Morgan fingerprint density at radius 2 is 2.04 bits per heavy atom. The summed E-state index contributed by atoms with van der Waals surface area (Å²) in [5, 5.41) is 18.3. The fraction of sp³-hybridized carbons (Fsp3) is 0.267. The molecule has 0 bridgehead atoms. The van der Waals surface area contributed by atoms with Crippen molar-refractivity contribution in [2.75, 3.05) is 12.3 Å². The van der Waals surface area contributed by atoms with Crippen LogP contribution in [0.2, 0.25) is 0 Å². The second-order valence-electron chi connectivity index (χ2n) is 4.76. The molecule has 0 amide bonds. The van der Waals surface area contributed by atoms with E-state index < -0.39 is 0 Å². The number of thioether (sulfide) groups is 1. The molecule has 0 aliphatic carbocycles. The van der Waals surface area contributed by atoms with Crippen molar-refractivity contribution in [3.8, 4) is 5.69 Å². The molecule has 0 radical (unpaired) electrons. The number of tetrazole rings is 1. The van der Waals surface area contributed by atoms with Crippen molar-refractivity contribution in [3.05, 3.63) is 52.2 Å². The van der Waals surface area contributed by atoms with Gasteiger partial charge in [0.05, 0.1) is 5.69 Å².